The van der Waals surface area contributed by atoms with Crippen molar-refractivity contribution in [2.45, 2.75) is 0 Å². The van der Waals surface area contributed by atoms with Crippen molar-refractivity contribution in [1.82, 2.24) is 0 Å². The molecular weight excluding hydrogens is 278 g/mol. The van der Waals surface area contributed by atoms with E-state index >= 15 is 0 Å². The van der Waals surface area contributed by atoms with Crippen molar-refractivity contribution in [3.05, 3.63) is 39.4 Å². The predicted molar refractivity (Wildman–Crippen MR) is 66.8 cm³/mol. The number of rotatable bonds is 4. The molecule has 0 aliphatic carbocycles. The monoisotopic (exact) mass is 284 g/mol. The van der Waals surface area contributed by atoms with Crippen molar-refractivity contribution in [2.75, 3.05) is 12.5 Å². The van der Waals surface area contributed by atoms with Gasteiger partial charge in [0.1, 0.15) is 12.4 Å². The van der Waals surface area contributed by atoms with Crippen molar-refractivity contribution in [1.29, 1.82) is 0 Å². The first-order valence-corrected chi connectivity index (χ1v) is 5.80. The van der Waals surface area contributed by atoms with Gasteiger partial charge in [-0.15, -0.1) is 11.6 Å². The van der Waals surface area contributed by atoms with Crippen molar-refractivity contribution >= 4 is 46.4 Å². The van der Waals surface area contributed by atoms with Gasteiger partial charge in [-0.1, -0.05) is 47.0 Å². The van der Waals surface area contributed by atoms with Crippen LogP contribution in [0.2, 0.25) is 15.1 Å². The van der Waals surface area contributed by atoms with Gasteiger partial charge in [0.15, 0.2) is 0 Å². The Labute approximate surface area is 109 Å². The minimum absolute atomic E-state index is 0.393. The molecule has 0 fully saturated rings. The summed E-state index contributed by atoms with van der Waals surface area (Å²) in [5.41, 5.74) is 0. The molecule has 5 heteroatoms. The molecule has 0 N–H and O–H groups in total. The van der Waals surface area contributed by atoms with E-state index < -0.39 is 0 Å². The summed E-state index contributed by atoms with van der Waals surface area (Å²) in [4.78, 5) is 0. The minimum atomic E-state index is 0.393. The molecule has 0 amide bonds. The van der Waals surface area contributed by atoms with E-state index in [1.807, 2.05) is 0 Å². The summed E-state index contributed by atoms with van der Waals surface area (Å²) in [7, 11) is 0. The molecule has 0 radical (unpaired) electrons. The number of halogens is 4. The molecule has 0 atom stereocenters. The van der Waals surface area contributed by atoms with Crippen LogP contribution in [0.25, 0.3) is 0 Å². The summed E-state index contributed by atoms with van der Waals surface area (Å²) in [5, 5.41) is 1.26. The Balaban J connectivity index is 2.69. The summed E-state index contributed by atoms with van der Waals surface area (Å²) < 4.78 is 5.35. The highest BCUT2D eigenvalue weighted by Crippen LogP contribution is 2.33. The summed E-state index contributed by atoms with van der Waals surface area (Å²) in [5.74, 6) is 0.962. The average Bonchev–Trinajstić information content (AvgIpc) is 2.20. The summed E-state index contributed by atoms with van der Waals surface area (Å²) in [6.07, 6.45) is 3.58. The molecule has 82 valence electrons. The fraction of sp³-hybridized carbons (Fsp3) is 0.200. The van der Waals surface area contributed by atoms with E-state index in [1.165, 1.54) is 0 Å². The van der Waals surface area contributed by atoms with Gasteiger partial charge >= 0.3 is 0 Å². The number of ether oxygens (including phenoxy) is 1. The standard InChI is InChI=1S/C10H8Cl4O/c11-3-1-2-4-15-10-6-8(13)7(12)5-9(10)14/h1-2,5-6H,3-4H2. The normalized spacial score (nSPS) is 10.9. The number of hydrogen-bond donors (Lipinski definition) is 0. The number of hydrogen-bond acceptors (Lipinski definition) is 1. The Morgan fingerprint density at radius 1 is 1.00 bits per heavy atom. The molecule has 1 rings (SSSR count). The van der Waals surface area contributed by atoms with Crippen LogP contribution < -0.4 is 4.74 Å². The smallest absolute Gasteiger partial charge is 0.139 e. The second kappa shape index (κ2) is 6.49. The van der Waals surface area contributed by atoms with E-state index in [9.17, 15) is 0 Å². The first-order valence-electron chi connectivity index (χ1n) is 4.13. The van der Waals surface area contributed by atoms with Gasteiger partial charge in [-0.3, -0.25) is 0 Å². The molecule has 0 saturated carbocycles. The van der Waals surface area contributed by atoms with Crippen molar-refractivity contribution in [3.63, 3.8) is 0 Å². The number of benzene rings is 1. The van der Waals surface area contributed by atoms with Crippen LogP contribution in [0, 0.1) is 0 Å². The van der Waals surface area contributed by atoms with E-state index in [4.69, 9.17) is 51.1 Å². The molecular formula is C10H8Cl4O. The summed E-state index contributed by atoms with van der Waals surface area (Å²) in [6, 6.07) is 3.13. The third-order valence-corrected chi connectivity index (χ3v) is 2.76. The first-order chi connectivity index (χ1) is 7.15. The fourth-order valence-electron chi connectivity index (χ4n) is 0.884. The molecule has 1 nitrogen and oxygen atoms in total. The molecule has 1 aromatic rings. The largest absolute Gasteiger partial charge is 0.488 e. The molecule has 1 aromatic carbocycles. The van der Waals surface area contributed by atoms with Crippen molar-refractivity contribution in [2.24, 2.45) is 0 Å². The third kappa shape index (κ3) is 4.12. The van der Waals surface area contributed by atoms with Gasteiger partial charge in [-0.2, -0.15) is 0 Å². The van der Waals surface area contributed by atoms with Crippen molar-refractivity contribution < 1.29 is 4.74 Å². The van der Waals surface area contributed by atoms with E-state index in [1.54, 1.807) is 24.3 Å². The topological polar surface area (TPSA) is 9.23 Å². The Morgan fingerprint density at radius 2 is 1.67 bits per heavy atom. The average molecular weight is 286 g/mol. The molecule has 0 saturated heterocycles. The fourth-order valence-corrected chi connectivity index (χ4v) is 1.60. The van der Waals surface area contributed by atoms with Gasteiger partial charge in [-0.05, 0) is 6.07 Å². The Morgan fingerprint density at radius 3 is 2.33 bits per heavy atom. The van der Waals surface area contributed by atoms with Crippen LogP contribution in [0.5, 0.6) is 5.75 Å². The van der Waals surface area contributed by atoms with E-state index in [-0.39, 0.29) is 0 Å². The van der Waals surface area contributed by atoms with Crippen molar-refractivity contribution in [3.8, 4) is 5.75 Å². The number of allylic oxidation sites excluding steroid dienone is 1. The van der Waals surface area contributed by atoms with Gasteiger partial charge in [-0.25, -0.2) is 0 Å². The van der Waals surface area contributed by atoms with E-state index in [0.29, 0.717) is 33.3 Å². The molecule has 15 heavy (non-hydrogen) atoms. The lowest BCUT2D eigenvalue weighted by Crippen LogP contribution is -1.94. The van der Waals surface area contributed by atoms with Crippen LogP contribution in [0.3, 0.4) is 0 Å². The van der Waals surface area contributed by atoms with Gasteiger partial charge in [0.2, 0.25) is 0 Å². The maximum atomic E-state index is 5.90. The van der Waals surface area contributed by atoms with Crippen LogP contribution in [0.4, 0.5) is 0 Å². The quantitative estimate of drug-likeness (QED) is 0.438. The van der Waals surface area contributed by atoms with Gasteiger partial charge in [0, 0.05) is 11.9 Å². The summed E-state index contributed by atoms with van der Waals surface area (Å²) >= 11 is 22.9. The molecule has 0 unspecified atom stereocenters. The highest BCUT2D eigenvalue weighted by Gasteiger charge is 2.06. The lowest BCUT2D eigenvalue weighted by atomic mass is 10.3. The summed E-state index contributed by atoms with van der Waals surface area (Å²) in [6.45, 7) is 0.393. The lowest BCUT2D eigenvalue weighted by Gasteiger charge is -2.06. The zero-order valence-electron chi connectivity index (χ0n) is 7.64. The maximum Gasteiger partial charge on any atom is 0.139 e. The SMILES string of the molecule is ClCC=CCOc1cc(Cl)c(Cl)cc1Cl. The molecule has 0 aliphatic heterocycles. The van der Waals surface area contributed by atoms with Crippen LogP contribution in [0.1, 0.15) is 0 Å². The molecule has 0 aromatic heterocycles. The maximum absolute atomic E-state index is 5.90. The molecule has 0 spiro atoms. The zero-order valence-corrected chi connectivity index (χ0v) is 10.7. The first kappa shape index (κ1) is 13.0. The molecule has 0 aliphatic rings. The van der Waals surface area contributed by atoms with Crippen LogP contribution in [0.15, 0.2) is 24.3 Å². The predicted octanol–water partition coefficient (Wildman–Crippen LogP) is 4.82. The molecule has 0 bridgehead atoms. The van der Waals surface area contributed by atoms with Crippen LogP contribution in [-0.2, 0) is 0 Å². The van der Waals surface area contributed by atoms with Gasteiger partial charge in [0.25, 0.3) is 0 Å². The molecule has 0 heterocycles. The number of alkyl halides is 1. The zero-order chi connectivity index (χ0) is 11.3. The van der Waals surface area contributed by atoms with E-state index in [0.717, 1.165) is 0 Å². The van der Waals surface area contributed by atoms with Gasteiger partial charge in [0.05, 0.1) is 15.1 Å². The second-order valence-electron chi connectivity index (χ2n) is 2.63. The Bertz CT molecular complexity index is 363. The minimum Gasteiger partial charge on any atom is -0.488 e. The Hall–Kier alpha value is -0.0800. The lowest BCUT2D eigenvalue weighted by molar-refractivity contribution is 0.363. The second-order valence-corrected chi connectivity index (χ2v) is 4.16. The Kier molecular flexibility index (Phi) is 5.62. The highest BCUT2D eigenvalue weighted by molar-refractivity contribution is 6.43. The van der Waals surface area contributed by atoms with Crippen LogP contribution in [-0.4, -0.2) is 12.5 Å². The highest BCUT2D eigenvalue weighted by atomic mass is 35.5. The van der Waals surface area contributed by atoms with Crippen LogP contribution >= 0.6 is 46.4 Å². The third-order valence-electron chi connectivity index (χ3n) is 1.57. The van der Waals surface area contributed by atoms with Gasteiger partial charge < -0.3 is 4.74 Å². The van der Waals surface area contributed by atoms with E-state index in [2.05, 4.69) is 0 Å².